The van der Waals surface area contributed by atoms with Gasteiger partial charge < -0.3 is 19.5 Å². The molecule has 1 N–H and O–H groups in total. The van der Waals surface area contributed by atoms with Crippen molar-refractivity contribution >= 4 is 11.7 Å². The minimum atomic E-state index is -5.08. The van der Waals surface area contributed by atoms with Gasteiger partial charge in [0.15, 0.2) is 0 Å². The first-order valence-electron chi connectivity index (χ1n) is 10.2. The number of carboxylic acids is 1. The average molecular weight is 441 g/mol. The summed E-state index contributed by atoms with van der Waals surface area (Å²) < 4.78 is 43.5. The lowest BCUT2D eigenvalue weighted by atomic mass is 9.86. The number of carbonyl (C=O) groups is 1. The van der Waals surface area contributed by atoms with Crippen LogP contribution in [-0.2, 0) is 14.3 Å². The molecule has 1 aromatic rings. The molecule has 7 nitrogen and oxygen atoms in total. The maximum atomic E-state index is 10.6. The third kappa shape index (κ3) is 6.09. The van der Waals surface area contributed by atoms with Crippen LogP contribution in [0.3, 0.4) is 0 Å². The second-order valence-electron chi connectivity index (χ2n) is 7.95. The van der Waals surface area contributed by atoms with Crippen molar-refractivity contribution in [2.45, 2.75) is 37.1 Å². The van der Waals surface area contributed by atoms with Crippen LogP contribution < -0.4 is 4.90 Å². The molecule has 0 aromatic heterocycles. The maximum Gasteiger partial charge on any atom is 0.490 e. The molecule has 0 bridgehead atoms. The van der Waals surface area contributed by atoms with Crippen LogP contribution in [0.5, 0.6) is 0 Å². The summed E-state index contributed by atoms with van der Waals surface area (Å²) in [6.07, 6.45) is -1.74. The van der Waals surface area contributed by atoms with Crippen molar-refractivity contribution < 1.29 is 32.5 Å². The maximum absolute atomic E-state index is 10.6. The number of morpholine rings is 1. The zero-order valence-corrected chi connectivity index (χ0v) is 17.1. The molecule has 3 fully saturated rings. The van der Waals surface area contributed by atoms with Gasteiger partial charge in [-0.25, -0.2) is 4.79 Å². The molecule has 1 aromatic carbocycles. The van der Waals surface area contributed by atoms with Gasteiger partial charge in [-0.1, -0.05) is 0 Å². The molecule has 0 radical (unpaired) electrons. The quantitative estimate of drug-likeness (QED) is 0.755. The van der Waals surface area contributed by atoms with Crippen LogP contribution in [0.15, 0.2) is 24.3 Å². The van der Waals surface area contributed by atoms with Crippen molar-refractivity contribution in [1.29, 1.82) is 5.26 Å². The Morgan fingerprint density at radius 2 is 1.71 bits per heavy atom. The highest BCUT2D eigenvalue weighted by Gasteiger charge is 2.44. The number of alkyl halides is 3. The van der Waals surface area contributed by atoms with Gasteiger partial charge in [0.05, 0.1) is 37.1 Å². The summed E-state index contributed by atoms with van der Waals surface area (Å²) >= 11 is 0. The first-order chi connectivity index (χ1) is 14.7. The van der Waals surface area contributed by atoms with E-state index in [0.717, 1.165) is 70.8 Å². The number of piperidine rings is 1. The first kappa shape index (κ1) is 23.3. The zero-order chi connectivity index (χ0) is 22.5. The molecule has 3 saturated heterocycles. The fourth-order valence-corrected chi connectivity index (χ4v) is 4.27. The Hall–Kier alpha value is -2.35. The first-order valence-corrected chi connectivity index (χ1v) is 10.2. The highest BCUT2D eigenvalue weighted by molar-refractivity contribution is 5.73. The molecular formula is C21H26F3N3O4. The van der Waals surface area contributed by atoms with Crippen molar-refractivity contribution in [2.24, 2.45) is 0 Å². The number of nitriles is 1. The Balaban J connectivity index is 0.000000339. The van der Waals surface area contributed by atoms with Gasteiger partial charge in [0.25, 0.3) is 0 Å². The second kappa shape index (κ2) is 9.85. The Bertz CT molecular complexity index is 781. The number of anilines is 1. The molecule has 3 aliphatic rings. The summed E-state index contributed by atoms with van der Waals surface area (Å²) in [4.78, 5) is 13.9. The number of ether oxygens (including phenoxy) is 2. The van der Waals surface area contributed by atoms with Gasteiger partial charge in [0, 0.05) is 37.9 Å². The molecule has 0 amide bonds. The van der Waals surface area contributed by atoms with Gasteiger partial charge in [-0.2, -0.15) is 18.4 Å². The van der Waals surface area contributed by atoms with Crippen LogP contribution >= 0.6 is 0 Å². The number of hydrogen-bond acceptors (Lipinski definition) is 6. The van der Waals surface area contributed by atoms with E-state index in [1.165, 1.54) is 5.69 Å². The van der Waals surface area contributed by atoms with Crippen molar-refractivity contribution in [2.75, 3.05) is 50.9 Å². The van der Waals surface area contributed by atoms with E-state index in [4.69, 9.17) is 24.6 Å². The Kier molecular flexibility index (Phi) is 7.41. The number of halogens is 3. The predicted molar refractivity (Wildman–Crippen MR) is 106 cm³/mol. The molecule has 1 unspecified atom stereocenters. The molecule has 3 heterocycles. The van der Waals surface area contributed by atoms with Crippen molar-refractivity contribution in [3.05, 3.63) is 29.8 Å². The van der Waals surface area contributed by atoms with Crippen LogP contribution in [0.1, 0.15) is 24.8 Å². The van der Waals surface area contributed by atoms with Crippen molar-refractivity contribution in [3.63, 3.8) is 0 Å². The van der Waals surface area contributed by atoms with E-state index in [1.807, 2.05) is 12.1 Å². The Labute approximate surface area is 178 Å². The molecule has 0 saturated carbocycles. The smallest absolute Gasteiger partial charge is 0.475 e. The molecule has 31 heavy (non-hydrogen) atoms. The molecular weight excluding hydrogens is 415 g/mol. The average Bonchev–Trinajstić information content (AvgIpc) is 3.18. The second-order valence-corrected chi connectivity index (χ2v) is 7.95. The van der Waals surface area contributed by atoms with Crippen LogP contribution in [0.2, 0.25) is 0 Å². The van der Waals surface area contributed by atoms with Crippen LogP contribution in [0, 0.1) is 11.3 Å². The third-order valence-electron chi connectivity index (χ3n) is 6.03. The van der Waals surface area contributed by atoms with E-state index in [0.29, 0.717) is 6.04 Å². The summed E-state index contributed by atoms with van der Waals surface area (Å²) in [5.74, 6) is -2.76. The lowest BCUT2D eigenvalue weighted by Crippen LogP contribution is -2.47. The number of hydrogen-bond donors (Lipinski definition) is 1. The zero-order valence-electron chi connectivity index (χ0n) is 17.1. The number of aliphatic carboxylic acids is 1. The van der Waals surface area contributed by atoms with Gasteiger partial charge in [-0.3, -0.25) is 4.90 Å². The highest BCUT2D eigenvalue weighted by Crippen LogP contribution is 2.38. The summed E-state index contributed by atoms with van der Waals surface area (Å²) in [6.45, 7) is 6.73. The summed E-state index contributed by atoms with van der Waals surface area (Å²) in [6, 6.07) is 10.7. The normalized spacial score (nSPS) is 23.7. The fraction of sp³-hybridized carbons (Fsp3) is 0.619. The summed E-state index contributed by atoms with van der Waals surface area (Å²) in [5, 5.41) is 16.0. The number of nitrogens with zero attached hydrogens (tertiary/aromatic N) is 3. The molecule has 4 rings (SSSR count). The monoisotopic (exact) mass is 441 g/mol. The van der Waals surface area contributed by atoms with Gasteiger partial charge in [0.2, 0.25) is 0 Å². The molecule has 170 valence electrons. The van der Waals surface area contributed by atoms with E-state index in [2.05, 4.69) is 28.0 Å². The van der Waals surface area contributed by atoms with Gasteiger partial charge >= 0.3 is 12.1 Å². The minimum Gasteiger partial charge on any atom is -0.475 e. The van der Waals surface area contributed by atoms with Crippen LogP contribution in [0.4, 0.5) is 18.9 Å². The molecule has 3 aliphatic heterocycles. The molecule has 0 aliphatic carbocycles. The molecule has 10 heteroatoms. The standard InChI is InChI=1S/C19H25N3O2.C2HF3O2/c20-14-16-1-3-17(4-2-16)21-7-5-19(6-8-21)13-18(15-24-19)22-9-11-23-12-10-22;3-2(4,5)1(6)7/h1-4,18H,5-13,15H2;(H,6,7). The molecule has 1 atom stereocenters. The van der Waals surface area contributed by atoms with Crippen LogP contribution in [0.25, 0.3) is 0 Å². The van der Waals surface area contributed by atoms with Crippen molar-refractivity contribution in [3.8, 4) is 6.07 Å². The van der Waals surface area contributed by atoms with Gasteiger partial charge in [0.1, 0.15) is 0 Å². The predicted octanol–water partition coefficient (Wildman–Crippen LogP) is 2.65. The van der Waals surface area contributed by atoms with E-state index in [-0.39, 0.29) is 5.60 Å². The number of benzene rings is 1. The number of rotatable bonds is 2. The minimum absolute atomic E-state index is 0.0755. The SMILES string of the molecule is N#Cc1ccc(N2CCC3(CC2)CC(N2CCOCC2)CO3)cc1.O=C(O)C(F)(F)F. The summed E-state index contributed by atoms with van der Waals surface area (Å²) in [7, 11) is 0. The van der Waals surface area contributed by atoms with Gasteiger partial charge in [-0.15, -0.1) is 0 Å². The van der Waals surface area contributed by atoms with E-state index in [9.17, 15) is 13.2 Å². The third-order valence-corrected chi connectivity index (χ3v) is 6.03. The Morgan fingerprint density at radius 3 is 2.23 bits per heavy atom. The largest absolute Gasteiger partial charge is 0.490 e. The van der Waals surface area contributed by atoms with Crippen molar-refractivity contribution in [1.82, 2.24) is 4.90 Å². The lowest BCUT2D eigenvalue weighted by molar-refractivity contribution is -0.192. The topological polar surface area (TPSA) is 86.0 Å². The van der Waals surface area contributed by atoms with E-state index >= 15 is 0 Å². The van der Waals surface area contributed by atoms with Crippen LogP contribution in [-0.4, -0.2) is 79.8 Å². The molecule has 1 spiro atoms. The lowest BCUT2D eigenvalue weighted by Gasteiger charge is -2.40. The van der Waals surface area contributed by atoms with E-state index < -0.39 is 12.1 Å². The summed E-state index contributed by atoms with van der Waals surface area (Å²) in [5.41, 5.74) is 2.01. The van der Waals surface area contributed by atoms with Gasteiger partial charge in [-0.05, 0) is 43.5 Å². The van der Waals surface area contributed by atoms with E-state index in [1.54, 1.807) is 0 Å². The number of carboxylic acid groups (broad SMARTS) is 1. The Morgan fingerprint density at radius 1 is 1.13 bits per heavy atom. The highest BCUT2D eigenvalue weighted by atomic mass is 19.4. The fourth-order valence-electron chi connectivity index (χ4n) is 4.27.